The first-order valence-electron chi connectivity index (χ1n) is 7.19. The molecule has 22 heavy (non-hydrogen) atoms. The molecule has 0 unspecified atom stereocenters. The number of phenolic OH excluding ortho intramolecular Hbond substituents is 1. The maximum absolute atomic E-state index is 10.4. The van der Waals surface area contributed by atoms with Gasteiger partial charge in [0.2, 0.25) is 0 Å². The fraction of sp³-hybridized carbons (Fsp3) is 0.600. The van der Waals surface area contributed by atoms with Crippen LogP contribution < -0.4 is 10.1 Å². The van der Waals surface area contributed by atoms with Crippen molar-refractivity contribution < 1.29 is 9.84 Å². The van der Waals surface area contributed by atoms with Gasteiger partial charge in [0.1, 0.15) is 11.5 Å². The van der Waals surface area contributed by atoms with E-state index in [4.69, 9.17) is 16.3 Å². The standard InChI is InChI=1S/C15H23ClN2O2.2ClH/c1-3-4-12(18-9-7-17-8-10-18)14-13(20-2)6-5-11(16)15(14)19;;/h5-6,12,17,19H,3-4,7-10H2,1-2H3;2*1H/t12-;;/m0../s1. The Morgan fingerprint density at radius 2 is 1.95 bits per heavy atom. The number of nitrogens with zero attached hydrogens (tertiary/aromatic N) is 1. The van der Waals surface area contributed by atoms with E-state index in [0.717, 1.165) is 44.6 Å². The number of piperazine rings is 1. The van der Waals surface area contributed by atoms with Crippen LogP contribution >= 0.6 is 36.4 Å². The van der Waals surface area contributed by atoms with E-state index in [-0.39, 0.29) is 36.6 Å². The molecule has 0 saturated carbocycles. The van der Waals surface area contributed by atoms with Crippen molar-refractivity contribution in [3.05, 3.63) is 22.7 Å². The molecule has 4 nitrogen and oxygen atoms in total. The summed E-state index contributed by atoms with van der Waals surface area (Å²) < 4.78 is 5.44. The summed E-state index contributed by atoms with van der Waals surface area (Å²) in [5, 5.41) is 14.1. The molecule has 128 valence electrons. The lowest BCUT2D eigenvalue weighted by molar-refractivity contribution is 0.159. The summed E-state index contributed by atoms with van der Waals surface area (Å²) in [6.07, 6.45) is 2.02. The van der Waals surface area contributed by atoms with Crippen LogP contribution in [0.5, 0.6) is 11.5 Å². The molecule has 1 aliphatic rings. The predicted molar refractivity (Wildman–Crippen MR) is 96.3 cm³/mol. The highest BCUT2D eigenvalue weighted by molar-refractivity contribution is 6.32. The molecule has 7 heteroatoms. The highest BCUT2D eigenvalue weighted by Crippen LogP contribution is 2.42. The van der Waals surface area contributed by atoms with Gasteiger partial charge in [-0.2, -0.15) is 0 Å². The minimum Gasteiger partial charge on any atom is -0.506 e. The first-order chi connectivity index (χ1) is 9.69. The molecule has 1 aliphatic heterocycles. The molecule has 0 spiro atoms. The molecule has 1 fully saturated rings. The number of rotatable bonds is 5. The summed E-state index contributed by atoms with van der Waals surface area (Å²) >= 11 is 6.09. The highest BCUT2D eigenvalue weighted by atomic mass is 35.5. The van der Waals surface area contributed by atoms with Crippen molar-refractivity contribution in [1.82, 2.24) is 10.2 Å². The van der Waals surface area contributed by atoms with Gasteiger partial charge in [0.25, 0.3) is 0 Å². The normalized spacial score (nSPS) is 16.3. The Balaban J connectivity index is 0.00000220. The zero-order chi connectivity index (χ0) is 14.5. The minimum atomic E-state index is 0. The van der Waals surface area contributed by atoms with Crippen LogP contribution in [-0.2, 0) is 0 Å². The molecular formula is C15H25Cl3N2O2. The monoisotopic (exact) mass is 370 g/mol. The Hall–Kier alpha value is -0.390. The van der Waals surface area contributed by atoms with Crippen molar-refractivity contribution in [2.75, 3.05) is 33.3 Å². The first kappa shape index (κ1) is 21.6. The van der Waals surface area contributed by atoms with Gasteiger partial charge in [0.15, 0.2) is 0 Å². The lowest BCUT2D eigenvalue weighted by atomic mass is 9.97. The fourth-order valence-corrected chi connectivity index (χ4v) is 3.00. The number of methoxy groups -OCH3 is 1. The summed E-state index contributed by atoms with van der Waals surface area (Å²) in [5.41, 5.74) is 0.823. The highest BCUT2D eigenvalue weighted by Gasteiger charge is 2.27. The summed E-state index contributed by atoms with van der Waals surface area (Å²) in [7, 11) is 1.63. The van der Waals surface area contributed by atoms with Crippen molar-refractivity contribution in [2.24, 2.45) is 0 Å². The van der Waals surface area contributed by atoms with E-state index in [0.29, 0.717) is 10.8 Å². The number of nitrogens with one attached hydrogen (secondary N) is 1. The lowest BCUT2D eigenvalue weighted by Gasteiger charge is -2.36. The van der Waals surface area contributed by atoms with Crippen LogP contribution in [0.3, 0.4) is 0 Å². The van der Waals surface area contributed by atoms with Crippen LogP contribution in [0.4, 0.5) is 0 Å². The molecule has 0 amide bonds. The number of phenols is 1. The van der Waals surface area contributed by atoms with Gasteiger partial charge >= 0.3 is 0 Å². The molecule has 0 bridgehead atoms. The maximum atomic E-state index is 10.4. The van der Waals surface area contributed by atoms with Crippen LogP contribution in [0.15, 0.2) is 12.1 Å². The molecule has 2 N–H and O–H groups in total. The molecule has 0 radical (unpaired) electrons. The number of hydrogen-bond acceptors (Lipinski definition) is 4. The zero-order valence-corrected chi connectivity index (χ0v) is 15.4. The second kappa shape index (κ2) is 10.4. The number of aromatic hydroxyl groups is 1. The average Bonchev–Trinajstić information content (AvgIpc) is 2.49. The van der Waals surface area contributed by atoms with Gasteiger partial charge in [0, 0.05) is 32.2 Å². The zero-order valence-electron chi connectivity index (χ0n) is 13.0. The number of hydrogen-bond donors (Lipinski definition) is 2. The van der Waals surface area contributed by atoms with E-state index in [2.05, 4.69) is 17.1 Å². The van der Waals surface area contributed by atoms with Gasteiger partial charge in [-0.05, 0) is 18.6 Å². The van der Waals surface area contributed by atoms with E-state index in [1.807, 2.05) is 6.07 Å². The predicted octanol–water partition coefficient (Wildman–Crippen LogP) is 3.64. The van der Waals surface area contributed by atoms with Gasteiger partial charge in [-0.25, -0.2) is 0 Å². The number of benzene rings is 1. The Labute approximate surface area is 150 Å². The fourth-order valence-electron chi connectivity index (χ4n) is 2.84. The van der Waals surface area contributed by atoms with Crippen molar-refractivity contribution in [3.63, 3.8) is 0 Å². The van der Waals surface area contributed by atoms with Crippen LogP contribution in [-0.4, -0.2) is 43.3 Å². The molecule has 1 heterocycles. The van der Waals surface area contributed by atoms with Gasteiger partial charge in [0.05, 0.1) is 17.7 Å². The van der Waals surface area contributed by atoms with Crippen molar-refractivity contribution in [3.8, 4) is 11.5 Å². The van der Waals surface area contributed by atoms with Crippen molar-refractivity contribution in [2.45, 2.75) is 25.8 Å². The second-order valence-electron chi connectivity index (χ2n) is 5.10. The number of ether oxygens (including phenoxy) is 1. The molecule has 1 saturated heterocycles. The molecular weight excluding hydrogens is 347 g/mol. The maximum Gasteiger partial charge on any atom is 0.142 e. The van der Waals surface area contributed by atoms with Crippen molar-refractivity contribution in [1.29, 1.82) is 0 Å². The van der Waals surface area contributed by atoms with E-state index in [1.54, 1.807) is 13.2 Å². The molecule has 2 rings (SSSR count). The topological polar surface area (TPSA) is 44.7 Å². The van der Waals surface area contributed by atoms with Gasteiger partial charge in [-0.15, -0.1) is 24.8 Å². The van der Waals surface area contributed by atoms with Crippen LogP contribution in [0.25, 0.3) is 0 Å². The SMILES string of the molecule is CCC[C@@H](c1c(OC)ccc(Cl)c1O)N1CCNCC1.Cl.Cl. The van der Waals surface area contributed by atoms with E-state index in [1.165, 1.54) is 0 Å². The Morgan fingerprint density at radius 3 is 2.50 bits per heavy atom. The third-order valence-corrected chi connectivity index (χ3v) is 4.14. The van der Waals surface area contributed by atoms with Crippen LogP contribution in [0, 0.1) is 0 Å². The molecule has 1 aromatic carbocycles. The smallest absolute Gasteiger partial charge is 0.142 e. The van der Waals surface area contributed by atoms with Gasteiger partial charge in [-0.3, -0.25) is 4.90 Å². The van der Waals surface area contributed by atoms with Gasteiger partial charge < -0.3 is 15.2 Å². The summed E-state index contributed by atoms with van der Waals surface area (Å²) in [6, 6.07) is 3.66. The lowest BCUT2D eigenvalue weighted by Crippen LogP contribution is -2.45. The molecule has 0 aromatic heterocycles. The third-order valence-electron chi connectivity index (χ3n) is 3.84. The van der Waals surface area contributed by atoms with Gasteiger partial charge in [-0.1, -0.05) is 24.9 Å². The molecule has 1 aromatic rings. The Bertz CT molecular complexity index is 455. The Kier molecular flexibility index (Phi) is 10.2. The van der Waals surface area contributed by atoms with Crippen LogP contribution in [0.2, 0.25) is 5.02 Å². The van der Waals surface area contributed by atoms with E-state index < -0.39 is 0 Å². The summed E-state index contributed by atoms with van der Waals surface area (Å²) in [5.74, 6) is 0.867. The van der Waals surface area contributed by atoms with Crippen molar-refractivity contribution >= 4 is 36.4 Å². The van der Waals surface area contributed by atoms with E-state index >= 15 is 0 Å². The quantitative estimate of drug-likeness (QED) is 0.829. The Morgan fingerprint density at radius 1 is 1.32 bits per heavy atom. The number of halogens is 3. The second-order valence-corrected chi connectivity index (χ2v) is 5.51. The summed E-state index contributed by atoms with van der Waals surface area (Å²) in [6.45, 7) is 6.05. The van der Waals surface area contributed by atoms with Crippen LogP contribution in [0.1, 0.15) is 31.4 Å². The third kappa shape index (κ3) is 4.80. The largest absolute Gasteiger partial charge is 0.506 e. The van der Waals surface area contributed by atoms with E-state index in [9.17, 15) is 5.11 Å². The minimum absolute atomic E-state index is 0. The first-order valence-corrected chi connectivity index (χ1v) is 7.57. The molecule has 0 aliphatic carbocycles. The summed E-state index contributed by atoms with van der Waals surface area (Å²) in [4.78, 5) is 2.40. The molecule has 1 atom stereocenters. The average molecular weight is 372 g/mol.